The average Bonchev–Trinajstić information content (AvgIpc) is 2.92. The van der Waals surface area contributed by atoms with Crippen molar-refractivity contribution in [2.24, 2.45) is 5.41 Å². The fraction of sp³-hybridized carbons (Fsp3) is 0.667. The van der Waals surface area contributed by atoms with E-state index in [4.69, 9.17) is 4.74 Å². The van der Waals surface area contributed by atoms with Crippen LogP contribution in [0.5, 0.6) is 5.88 Å². The lowest BCUT2D eigenvalue weighted by Gasteiger charge is -2.29. The van der Waals surface area contributed by atoms with Gasteiger partial charge in [0.1, 0.15) is 12.2 Å². The van der Waals surface area contributed by atoms with E-state index in [1.807, 2.05) is 7.05 Å². The second kappa shape index (κ2) is 7.82. The number of halogens is 3. The van der Waals surface area contributed by atoms with E-state index in [9.17, 15) is 18.0 Å². The molecule has 1 aromatic rings. The zero-order valence-corrected chi connectivity index (χ0v) is 15.6. The molecular weight excluding hydrogens is 347 g/mol. The Morgan fingerprint density at radius 1 is 1.42 bits per heavy atom. The maximum atomic E-state index is 13.0. The highest BCUT2D eigenvalue weighted by atomic mass is 19.4. The Kier molecular flexibility index (Phi) is 6.16. The number of ether oxygens (including phenoxy) is 1. The van der Waals surface area contributed by atoms with Gasteiger partial charge in [0.05, 0.1) is 5.41 Å². The average molecular weight is 373 g/mol. The molecule has 1 aliphatic heterocycles. The molecule has 0 unspecified atom stereocenters. The van der Waals surface area contributed by atoms with E-state index in [1.54, 1.807) is 13.8 Å². The van der Waals surface area contributed by atoms with Gasteiger partial charge < -0.3 is 15.0 Å². The number of carbonyl (C=O) groups excluding carboxylic acids is 1. The van der Waals surface area contributed by atoms with Gasteiger partial charge in [0, 0.05) is 24.8 Å². The Morgan fingerprint density at radius 3 is 2.73 bits per heavy atom. The van der Waals surface area contributed by atoms with Gasteiger partial charge in [-0.2, -0.15) is 13.2 Å². The Morgan fingerprint density at radius 2 is 2.12 bits per heavy atom. The van der Waals surface area contributed by atoms with Crippen molar-refractivity contribution >= 4 is 5.91 Å². The maximum absolute atomic E-state index is 13.0. The van der Waals surface area contributed by atoms with Crippen LogP contribution in [-0.4, -0.2) is 48.1 Å². The standard InChI is InChI=1S/C18H26F3N3O2/c1-5-14-13(8-10-24(14)4)23-16(25)17(2,3)11-26-15-12(18(19,20)21)7-6-9-22-15/h6-7,9,13-14H,5,8,10-11H2,1-4H3,(H,23,25)/t13-,14+/m0/s1. The smallest absolute Gasteiger partial charge is 0.421 e. The zero-order chi connectivity index (χ0) is 19.5. The molecule has 2 heterocycles. The van der Waals surface area contributed by atoms with Crippen LogP contribution in [0, 0.1) is 5.41 Å². The van der Waals surface area contributed by atoms with Crippen molar-refractivity contribution in [2.75, 3.05) is 20.2 Å². The highest BCUT2D eigenvalue weighted by molar-refractivity contribution is 5.82. The second-order valence-corrected chi connectivity index (χ2v) is 7.35. The fourth-order valence-corrected chi connectivity index (χ4v) is 3.17. The van der Waals surface area contributed by atoms with Crippen LogP contribution in [0.3, 0.4) is 0 Å². The summed E-state index contributed by atoms with van der Waals surface area (Å²) in [7, 11) is 2.02. The fourth-order valence-electron chi connectivity index (χ4n) is 3.17. The summed E-state index contributed by atoms with van der Waals surface area (Å²) in [5.41, 5.74) is -1.93. The molecule has 8 heteroatoms. The van der Waals surface area contributed by atoms with E-state index in [0.717, 1.165) is 25.5 Å². The number of likely N-dealkylation sites (tertiary alicyclic amines) is 1. The van der Waals surface area contributed by atoms with Gasteiger partial charge in [0.15, 0.2) is 0 Å². The Bertz CT molecular complexity index is 634. The first-order valence-corrected chi connectivity index (χ1v) is 8.72. The minimum Gasteiger partial charge on any atom is -0.476 e. The van der Waals surface area contributed by atoms with Crippen molar-refractivity contribution in [3.05, 3.63) is 23.9 Å². The molecule has 0 bridgehead atoms. The van der Waals surface area contributed by atoms with Crippen LogP contribution in [0.1, 0.15) is 39.2 Å². The van der Waals surface area contributed by atoms with Crippen LogP contribution in [0.2, 0.25) is 0 Å². The van der Waals surface area contributed by atoms with Crippen molar-refractivity contribution in [3.63, 3.8) is 0 Å². The van der Waals surface area contributed by atoms with Gasteiger partial charge in [-0.25, -0.2) is 4.98 Å². The highest BCUT2D eigenvalue weighted by Crippen LogP contribution is 2.35. The second-order valence-electron chi connectivity index (χ2n) is 7.35. The van der Waals surface area contributed by atoms with Crippen molar-refractivity contribution < 1.29 is 22.7 Å². The van der Waals surface area contributed by atoms with Gasteiger partial charge in [0.2, 0.25) is 11.8 Å². The van der Waals surface area contributed by atoms with Gasteiger partial charge >= 0.3 is 6.18 Å². The molecule has 1 aliphatic rings. The van der Waals surface area contributed by atoms with E-state index in [2.05, 4.69) is 22.1 Å². The number of nitrogens with zero attached hydrogens (tertiary/aromatic N) is 2. The van der Waals surface area contributed by atoms with Gasteiger partial charge in [-0.3, -0.25) is 4.79 Å². The Labute approximate surface area is 151 Å². The Hall–Kier alpha value is -1.83. The topological polar surface area (TPSA) is 54.5 Å². The van der Waals surface area contributed by atoms with Gasteiger partial charge in [-0.15, -0.1) is 0 Å². The van der Waals surface area contributed by atoms with Crippen LogP contribution in [0.4, 0.5) is 13.2 Å². The lowest BCUT2D eigenvalue weighted by Crippen LogP contribution is -2.49. The molecule has 1 aromatic heterocycles. The van der Waals surface area contributed by atoms with Crippen LogP contribution in [0.25, 0.3) is 0 Å². The summed E-state index contributed by atoms with van der Waals surface area (Å²) >= 11 is 0. The molecule has 0 spiro atoms. The minimum atomic E-state index is -4.56. The molecule has 2 atom stereocenters. The molecular formula is C18H26F3N3O2. The number of rotatable bonds is 6. The molecule has 1 amide bonds. The van der Waals surface area contributed by atoms with E-state index in [1.165, 1.54) is 12.3 Å². The summed E-state index contributed by atoms with van der Waals surface area (Å²) in [6.07, 6.45) is -1.55. The third-order valence-corrected chi connectivity index (χ3v) is 4.82. The normalized spacial score (nSPS) is 21.7. The summed E-state index contributed by atoms with van der Waals surface area (Å²) < 4.78 is 44.3. The van der Waals surface area contributed by atoms with Crippen LogP contribution < -0.4 is 10.1 Å². The van der Waals surface area contributed by atoms with Crippen molar-refractivity contribution in [1.29, 1.82) is 0 Å². The van der Waals surface area contributed by atoms with E-state index < -0.39 is 23.0 Å². The first-order valence-electron chi connectivity index (χ1n) is 8.72. The number of alkyl halides is 3. The maximum Gasteiger partial charge on any atom is 0.421 e. The molecule has 5 nitrogen and oxygen atoms in total. The number of amides is 1. The number of carbonyl (C=O) groups is 1. The molecule has 1 N–H and O–H groups in total. The van der Waals surface area contributed by atoms with Crippen LogP contribution in [-0.2, 0) is 11.0 Å². The number of nitrogens with one attached hydrogen (secondary N) is 1. The summed E-state index contributed by atoms with van der Waals surface area (Å²) in [5, 5.41) is 3.03. The SMILES string of the molecule is CC[C@@H]1[C@@H](NC(=O)C(C)(C)COc2ncccc2C(F)(F)F)CCN1C. The summed E-state index contributed by atoms with van der Waals surface area (Å²) in [5.74, 6) is -0.742. The predicted molar refractivity (Wildman–Crippen MR) is 91.8 cm³/mol. The molecule has 1 fully saturated rings. The molecule has 146 valence electrons. The molecule has 2 rings (SSSR count). The first-order chi connectivity index (χ1) is 12.1. The first kappa shape index (κ1) is 20.5. The van der Waals surface area contributed by atoms with Crippen molar-refractivity contribution in [3.8, 4) is 5.88 Å². The zero-order valence-electron chi connectivity index (χ0n) is 15.6. The number of hydrogen-bond acceptors (Lipinski definition) is 4. The van der Waals surface area contributed by atoms with Crippen molar-refractivity contribution in [1.82, 2.24) is 15.2 Å². The lowest BCUT2D eigenvalue weighted by atomic mass is 9.92. The molecule has 1 saturated heterocycles. The number of aromatic nitrogens is 1. The van der Waals surface area contributed by atoms with Crippen LogP contribution >= 0.6 is 0 Å². The monoisotopic (exact) mass is 373 g/mol. The third kappa shape index (κ3) is 4.66. The van der Waals surface area contributed by atoms with Gasteiger partial charge in [0.25, 0.3) is 0 Å². The van der Waals surface area contributed by atoms with Gasteiger partial charge in [-0.05, 0) is 45.9 Å². The van der Waals surface area contributed by atoms with Crippen molar-refractivity contribution in [2.45, 2.75) is 51.9 Å². The minimum absolute atomic E-state index is 0.0392. The number of likely N-dealkylation sites (N-methyl/N-ethyl adjacent to an activating group) is 1. The molecule has 0 radical (unpaired) electrons. The van der Waals surface area contributed by atoms with E-state index >= 15 is 0 Å². The molecule has 0 aliphatic carbocycles. The van der Waals surface area contributed by atoms with Gasteiger partial charge in [-0.1, -0.05) is 6.92 Å². The summed E-state index contributed by atoms with van der Waals surface area (Å²) in [4.78, 5) is 18.5. The lowest BCUT2D eigenvalue weighted by molar-refractivity contribution is -0.139. The predicted octanol–water partition coefficient (Wildman–Crippen LogP) is 3.10. The largest absolute Gasteiger partial charge is 0.476 e. The number of hydrogen-bond donors (Lipinski definition) is 1. The van der Waals surface area contributed by atoms with E-state index in [-0.39, 0.29) is 24.6 Å². The third-order valence-electron chi connectivity index (χ3n) is 4.82. The molecule has 26 heavy (non-hydrogen) atoms. The Balaban J connectivity index is 2.02. The molecule has 0 saturated carbocycles. The summed E-state index contributed by atoms with van der Waals surface area (Å²) in [6, 6.07) is 2.42. The van der Waals surface area contributed by atoms with Crippen LogP contribution in [0.15, 0.2) is 18.3 Å². The number of pyridine rings is 1. The van der Waals surface area contributed by atoms with E-state index in [0.29, 0.717) is 0 Å². The quantitative estimate of drug-likeness (QED) is 0.833. The molecule has 0 aromatic carbocycles. The highest BCUT2D eigenvalue weighted by Gasteiger charge is 2.38. The summed E-state index contributed by atoms with van der Waals surface area (Å²) in [6.45, 7) is 6.08.